The molecule has 1 heterocycles. The number of rotatable bonds is 6. The van der Waals surface area contributed by atoms with Crippen LogP contribution in [0.15, 0.2) is 42.5 Å². The van der Waals surface area contributed by atoms with Gasteiger partial charge < -0.3 is 9.47 Å². The molecule has 0 saturated carbocycles. The average Bonchev–Trinajstić information content (AvgIpc) is 2.45. The maximum atomic E-state index is 11.4. The summed E-state index contributed by atoms with van der Waals surface area (Å²) in [5.41, 5.74) is 1.17. The number of carbonyl (C=O) groups excluding carboxylic acids is 1. The maximum Gasteiger partial charge on any atom is 0.309 e. The Labute approximate surface area is 114 Å². The molecular formula is C16H20O3. The van der Waals surface area contributed by atoms with E-state index in [-0.39, 0.29) is 11.9 Å². The van der Waals surface area contributed by atoms with Crippen molar-refractivity contribution in [3.63, 3.8) is 0 Å². The van der Waals surface area contributed by atoms with Gasteiger partial charge >= 0.3 is 5.97 Å². The summed E-state index contributed by atoms with van der Waals surface area (Å²) in [5, 5.41) is 0. The van der Waals surface area contributed by atoms with Gasteiger partial charge in [-0.1, -0.05) is 42.5 Å². The third-order valence-corrected chi connectivity index (χ3v) is 3.19. The molecule has 0 amide bonds. The van der Waals surface area contributed by atoms with Crippen LogP contribution < -0.4 is 0 Å². The standard InChI is InChI=1S/C16H20O3/c17-16-15(10-6-12-19-16)9-4-5-11-18-13-14-7-2-1-3-8-14/h1-5,7-8,15H,6,9-13H2/b5-4-. The summed E-state index contributed by atoms with van der Waals surface area (Å²) in [6.07, 6.45) is 6.67. The first-order chi connectivity index (χ1) is 9.36. The van der Waals surface area contributed by atoms with Gasteiger partial charge in [-0.3, -0.25) is 4.79 Å². The van der Waals surface area contributed by atoms with Crippen LogP contribution in [0.25, 0.3) is 0 Å². The van der Waals surface area contributed by atoms with Gasteiger partial charge in [0.25, 0.3) is 0 Å². The van der Waals surface area contributed by atoms with Crippen LogP contribution >= 0.6 is 0 Å². The molecule has 1 aromatic rings. The number of allylic oxidation sites excluding steroid dienone is 1. The first kappa shape index (κ1) is 13.8. The molecule has 19 heavy (non-hydrogen) atoms. The zero-order chi connectivity index (χ0) is 13.3. The van der Waals surface area contributed by atoms with Crippen LogP contribution in [0, 0.1) is 5.92 Å². The van der Waals surface area contributed by atoms with Crippen LogP contribution in [0.2, 0.25) is 0 Å². The number of benzene rings is 1. The fourth-order valence-electron chi connectivity index (χ4n) is 2.10. The molecule has 1 unspecified atom stereocenters. The topological polar surface area (TPSA) is 35.5 Å². The SMILES string of the molecule is O=C1OCCCC1C/C=C\COCc1ccccc1. The van der Waals surface area contributed by atoms with Crippen molar-refractivity contribution >= 4 is 5.97 Å². The molecule has 1 atom stereocenters. The van der Waals surface area contributed by atoms with E-state index in [1.807, 2.05) is 42.5 Å². The second kappa shape index (κ2) is 7.74. The van der Waals surface area contributed by atoms with Gasteiger partial charge in [0.05, 0.1) is 25.7 Å². The van der Waals surface area contributed by atoms with Crippen LogP contribution in [-0.2, 0) is 20.9 Å². The van der Waals surface area contributed by atoms with E-state index < -0.39 is 0 Å². The highest BCUT2D eigenvalue weighted by Gasteiger charge is 2.22. The summed E-state index contributed by atoms with van der Waals surface area (Å²) in [5.74, 6) is -0.0137. The fourth-order valence-corrected chi connectivity index (χ4v) is 2.10. The fraction of sp³-hybridized carbons (Fsp3) is 0.438. The van der Waals surface area contributed by atoms with Gasteiger partial charge in [-0.25, -0.2) is 0 Å². The molecule has 1 aromatic carbocycles. The molecule has 0 bridgehead atoms. The van der Waals surface area contributed by atoms with Crippen LogP contribution in [0.1, 0.15) is 24.8 Å². The number of hydrogen-bond donors (Lipinski definition) is 0. The summed E-state index contributed by atoms with van der Waals surface area (Å²) in [7, 11) is 0. The third-order valence-electron chi connectivity index (χ3n) is 3.19. The van der Waals surface area contributed by atoms with E-state index in [9.17, 15) is 4.79 Å². The third kappa shape index (κ3) is 4.87. The smallest absolute Gasteiger partial charge is 0.309 e. The molecule has 102 valence electrons. The van der Waals surface area contributed by atoms with Crippen molar-refractivity contribution in [2.45, 2.75) is 25.9 Å². The zero-order valence-corrected chi connectivity index (χ0v) is 11.1. The Kier molecular flexibility index (Phi) is 5.63. The van der Waals surface area contributed by atoms with E-state index in [0.717, 1.165) is 19.3 Å². The second-order valence-corrected chi connectivity index (χ2v) is 4.71. The monoisotopic (exact) mass is 260 g/mol. The molecule has 2 rings (SSSR count). The molecule has 1 fully saturated rings. The average molecular weight is 260 g/mol. The number of hydrogen-bond acceptors (Lipinski definition) is 3. The Bertz CT molecular complexity index is 411. The Morgan fingerprint density at radius 3 is 2.89 bits per heavy atom. The molecule has 1 aliphatic heterocycles. The minimum absolute atomic E-state index is 0.0409. The molecular weight excluding hydrogens is 240 g/mol. The molecule has 0 aromatic heterocycles. The highest BCUT2D eigenvalue weighted by molar-refractivity contribution is 5.73. The van der Waals surface area contributed by atoms with Gasteiger partial charge in [-0.05, 0) is 24.8 Å². The van der Waals surface area contributed by atoms with E-state index in [1.54, 1.807) is 0 Å². The van der Waals surface area contributed by atoms with Crippen molar-refractivity contribution in [3.8, 4) is 0 Å². The Hall–Kier alpha value is -1.61. The van der Waals surface area contributed by atoms with Gasteiger partial charge in [0.1, 0.15) is 0 Å². The van der Waals surface area contributed by atoms with Gasteiger partial charge in [0, 0.05) is 0 Å². The van der Waals surface area contributed by atoms with E-state index in [0.29, 0.717) is 19.8 Å². The van der Waals surface area contributed by atoms with Crippen molar-refractivity contribution in [1.82, 2.24) is 0 Å². The van der Waals surface area contributed by atoms with Crippen LogP contribution in [0.5, 0.6) is 0 Å². The van der Waals surface area contributed by atoms with Gasteiger partial charge in [-0.15, -0.1) is 0 Å². The van der Waals surface area contributed by atoms with E-state index >= 15 is 0 Å². The number of cyclic esters (lactones) is 1. The highest BCUT2D eigenvalue weighted by Crippen LogP contribution is 2.18. The second-order valence-electron chi connectivity index (χ2n) is 4.71. The van der Waals surface area contributed by atoms with Gasteiger partial charge in [0.15, 0.2) is 0 Å². The lowest BCUT2D eigenvalue weighted by molar-refractivity contribution is -0.152. The molecule has 0 spiro atoms. The number of esters is 1. The van der Waals surface area contributed by atoms with E-state index in [4.69, 9.17) is 9.47 Å². The number of carbonyl (C=O) groups is 1. The molecule has 0 radical (unpaired) electrons. The summed E-state index contributed by atoms with van der Waals surface area (Å²) < 4.78 is 10.6. The molecule has 1 aliphatic rings. The van der Waals surface area contributed by atoms with E-state index in [1.165, 1.54) is 5.56 Å². The predicted molar refractivity (Wildman–Crippen MR) is 73.5 cm³/mol. The van der Waals surface area contributed by atoms with Crippen molar-refractivity contribution in [1.29, 1.82) is 0 Å². The van der Waals surface area contributed by atoms with Crippen LogP contribution in [0.3, 0.4) is 0 Å². The van der Waals surface area contributed by atoms with Crippen molar-refractivity contribution in [2.75, 3.05) is 13.2 Å². The first-order valence-corrected chi connectivity index (χ1v) is 6.79. The Morgan fingerprint density at radius 1 is 1.26 bits per heavy atom. The van der Waals surface area contributed by atoms with Crippen molar-refractivity contribution in [2.24, 2.45) is 5.92 Å². The largest absolute Gasteiger partial charge is 0.465 e. The zero-order valence-electron chi connectivity index (χ0n) is 11.1. The highest BCUT2D eigenvalue weighted by atomic mass is 16.5. The van der Waals surface area contributed by atoms with E-state index in [2.05, 4.69) is 0 Å². The predicted octanol–water partition coefficient (Wildman–Crippen LogP) is 3.10. The summed E-state index contributed by atoms with van der Waals surface area (Å²) in [6.45, 7) is 1.78. The van der Waals surface area contributed by atoms with Crippen molar-refractivity contribution < 1.29 is 14.3 Å². The summed E-state index contributed by atoms with van der Waals surface area (Å²) in [4.78, 5) is 11.4. The molecule has 1 saturated heterocycles. The summed E-state index contributed by atoms with van der Waals surface area (Å²) >= 11 is 0. The van der Waals surface area contributed by atoms with Gasteiger partial charge in [0.2, 0.25) is 0 Å². The lowest BCUT2D eigenvalue weighted by Gasteiger charge is -2.19. The first-order valence-electron chi connectivity index (χ1n) is 6.79. The van der Waals surface area contributed by atoms with Crippen LogP contribution in [-0.4, -0.2) is 19.2 Å². The quantitative estimate of drug-likeness (QED) is 0.448. The molecule has 0 aliphatic carbocycles. The molecule has 0 N–H and O–H groups in total. The van der Waals surface area contributed by atoms with Crippen LogP contribution in [0.4, 0.5) is 0 Å². The maximum absolute atomic E-state index is 11.4. The Morgan fingerprint density at radius 2 is 2.11 bits per heavy atom. The molecule has 3 heteroatoms. The van der Waals surface area contributed by atoms with Gasteiger partial charge in [-0.2, -0.15) is 0 Å². The minimum atomic E-state index is -0.0545. The lowest BCUT2D eigenvalue weighted by atomic mass is 9.98. The number of ether oxygens (including phenoxy) is 2. The normalized spacial score (nSPS) is 19.6. The molecule has 3 nitrogen and oxygen atoms in total. The van der Waals surface area contributed by atoms with Crippen molar-refractivity contribution in [3.05, 3.63) is 48.0 Å². The lowest BCUT2D eigenvalue weighted by Crippen LogP contribution is -2.23. The Balaban J connectivity index is 1.60. The summed E-state index contributed by atoms with van der Waals surface area (Å²) in [6, 6.07) is 10.1. The minimum Gasteiger partial charge on any atom is -0.465 e.